The van der Waals surface area contributed by atoms with Crippen LogP contribution in [0.1, 0.15) is 75.8 Å². The molecule has 47 heavy (non-hydrogen) atoms. The Labute approximate surface area is 290 Å². The second kappa shape index (κ2) is 12.7. The molecule has 7 aromatic rings. The van der Waals surface area contributed by atoms with E-state index in [9.17, 15) is 0 Å². The van der Waals surface area contributed by atoms with Gasteiger partial charge in [-0.1, -0.05) is 68.5 Å². The van der Waals surface area contributed by atoms with Crippen molar-refractivity contribution in [3.05, 3.63) is 120 Å². The fourth-order valence-electron chi connectivity index (χ4n) is 6.37. The van der Waals surface area contributed by atoms with Crippen LogP contribution in [0.25, 0.3) is 61.8 Å². The van der Waals surface area contributed by atoms with Crippen molar-refractivity contribution in [2.24, 2.45) is 0 Å². The Morgan fingerprint density at radius 3 is 2.43 bits per heavy atom. The van der Waals surface area contributed by atoms with Gasteiger partial charge in [0.15, 0.2) is 0 Å². The molecular formula is C41H38IrN4O-2. The zero-order chi connectivity index (χ0) is 32.2. The monoisotopic (exact) mass is 795 g/mol. The minimum absolute atomic E-state index is 0. The van der Waals surface area contributed by atoms with E-state index in [2.05, 4.69) is 117 Å². The molecule has 0 amide bonds. The molecule has 0 bridgehead atoms. The summed E-state index contributed by atoms with van der Waals surface area (Å²) in [6.45, 7) is 15.3. The minimum Gasteiger partial charge on any atom is -0.486 e. The molecule has 5 heterocycles. The Bertz CT molecular complexity index is 2260. The van der Waals surface area contributed by atoms with Crippen molar-refractivity contribution in [1.82, 2.24) is 19.5 Å². The van der Waals surface area contributed by atoms with Gasteiger partial charge in [-0.15, -0.1) is 54.1 Å². The Hall–Kier alpha value is -4.38. The van der Waals surface area contributed by atoms with E-state index in [-0.39, 0.29) is 25.6 Å². The topological polar surface area (TPSA) is 56.7 Å². The SMILES string of the molecule is CC(C)c1ccc2nc(-c3[c-]cccc3)n3c2c1C=CC3(C)C.Cc1ccc2c(n1)oc1c(-c3cc(C(C)C)ccn3)[c-]ccc12.[Ir]. The summed E-state index contributed by atoms with van der Waals surface area (Å²) in [4.78, 5) is 14.0. The Balaban J connectivity index is 0.000000161. The second-order valence-electron chi connectivity index (χ2n) is 13.3. The van der Waals surface area contributed by atoms with Gasteiger partial charge in [0, 0.05) is 42.9 Å². The zero-order valence-electron chi connectivity index (χ0n) is 27.8. The molecule has 0 N–H and O–H groups in total. The van der Waals surface area contributed by atoms with E-state index < -0.39 is 0 Å². The zero-order valence-corrected chi connectivity index (χ0v) is 30.2. The molecule has 1 aliphatic rings. The normalized spacial score (nSPS) is 13.3. The first-order valence-corrected chi connectivity index (χ1v) is 16.0. The maximum atomic E-state index is 6.04. The maximum absolute atomic E-state index is 6.04. The summed E-state index contributed by atoms with van der Waals surface area (Å²) in [5.41, 5.74) is 11.4. The number of aryl methyl sites for hydroxylation is 1. The van der Waals surface area contributed by atoms with Crippen molar-refractivity contribution < 1.29 is 24.5 Å². The first-order chi connectivity index (χ1) is 22.1. The van der Waals surface area contributed by atoms with Gasteiger partial charge in [0.2, 0.25) is 5.71 Å². The van der Waals surface area contributed by atoms with E-state index in [1.54, 1.807) is 0 Å². The predicted octanol–water partition coefficient (Wildman–Crippen LogP) is 10.7. The number of allylic oxidation sites excluding steroid dienone is 1. The van der Waals surface area contributed by atoms with Crippen molar-refractivity contribution in [2.45, 2.75) is 65.8 Å². The van der Waals surface area contributed by atoms with Crippen molar-refractivity contribution in [2.75, 3.05) is 0 Å². The number of imidazole rings is 1. The summed E-state index contributed by atoms with van der Waals surface area (Å²) in [5.74, 6) is 1.95. The van der Waals surface area contributed by atoms with Crippen molar-refractivity contribution in [3.8, 4) is 22.6 Å². The predicted molar refractivity (Wildman–Crippen MR) is 189 cm³/mol. The summed E-state index contributed by atoms with van der Waals surface area (Å²) < 4.78 is 8.41. The van der Waals surface area contributed by atoms with Gasteiger partial charge in [-0.3, -0.25) is 4.98 Å². The second-order valence-corrected chi connectivity index (χ2v) is 13.3. The minimum atomic E-state index is -0.101. The molecule has 239 valence electrons. The standard InChI is InChI=1S/C21H21N2.C20H17N2O.Ir/c1-14(2)16-10-11-18-19-17(16)12-13-21(3,4)23(19)20(22-18)15-8-6-5-7-9-15;1-12(2)14-9-10-21-18(11-14)17-6-4-5-15-16-8-7-13(3)22-20(16)23-19(15)17;/h5-8,10-14H,1-4H3;4-5,7-12H,1-3H3;/q2*-1;. The quantitative estimate of drug-likeness (QED) is 0.167. The van der Waals surface area contributed by atoms with Crippen LogP contribution in [0.15, 0.2) is 89.5 Å². The van der Waals surface area contributed by atoms with Gasteiger partial charge in [0.1, 0.15) is 0 Å². The number of rotatable bonds is 4. The van der Waals surface area contributed by atoms with E-state index in [0.717, 1.165) is 50.2 Å². The number of hydrogen-bond donors (Lipinski definition) is 0. The Kier molecular flexibility index (Phi) is 8.78. The molecule has 0 spiro atoms. The number of aromatic nitrogens is 4. The molecule has 4 aromatic heterocycles. The van der Waals surface area contributed by atoms with Crippen LogP contribution in [0.3, 0.4) is 0 Å². The van der Waals surface area contributed by atoms with Gasteiger partial charge in [-0.2, -0.15) is 0 Å². The van der Waals surface area contributed by atoms with Gasteiger partial charge in [0.05, 0.1) is 28.0 Å². The molecule has 1 radical (unpaired) electrons. The molecule has 0 saturated heterocycles. The van der Waals surface area contributed by atoms with Crippen LogP contribution < -0.4 is 0 Å². The summed E-state index contributed by atoms with van der Waals surface area (Å²) in [5, 5.41) is 2.08. The van der Waals surface area contributed by atoms with Crippen LogP contribution in [0, 0.1) is 19.1 Å². The number of benzene rings is 3. The van der Waals surface area contributed by atoms with Crippen LogP contribution in [0.2, 0.25) is 0 Å². The summed E-state index contributed by atoms with van der Waals surface area (Å²) >= 11 is 0. The van der Waals surface area contributed by atoms with Gasteiger partial charge in [-0.25, -0.2) is 4.98 Å². The molecule has 0 saturated carbocycles. The molecule has 8 rings (SSSR count). The van der Waals surface area contributed by atoms with Gasteiger partial charge in [0.25, 0.3) is 0 Å². The summed E-state index contributed by atoms with van der Waals surface area (Å²) in [6.07, 6.45) is 6.41. The van der Waals surface area contributed by atoms with E-state index in [0.29, 0.717) is 17.5 Å². The average Bonchev–Trinajstić information content (AvgIpc) is 3.63. The number of furan rings is 1. The molecule has 1 aliphatic heterocycles. The molecule has 0 fully saturated rings. The third-order valence-electron chi connectivity index (χ3n) is 8.84. The molecule has 6 heteroatoms. The molecule has 5 nitrogen and oxygen atoms in total. The van der Waals surface area contributed by atoms with Crippen LogP contribution in [0.5, 0.6) is 0 Å². The summed E-state index contributed by atoms with van der Waals surface area (Å²) in [6, 6.07) is 31.3. The number of fused-ring (bicyclic) bond motifs is 3. The van der Waals surface area contributed by atoms with Crippen LogP contribution in [-0.2, 0) is 25.6 Å². The largest absolute Gasteiger partial charge is 0.486 e. The Morgan fingerprint density at radius 1 is 0.851 bits per heavy atom. The average molecular weight is 795 g/mol. The fraction of sp³-hybridized carbons (Fsp3) is 0.244. The maximum Gasteiger partial charge on any atom is 0.216 e. The van der Waals surface area contributed by atoms with E-state index in [1.807, 2.05) is 49.5 Å². The van der Waals surface area contributed by atoms with Gasteiger partial charge < -0.3 is 14.0 Å². The summed E-state index contributed by atoms with van der Waals surface area (Å²) in [7, 11) is 0. The molecule has 0 aliphatic carbocycles. The number of nitrogens with zero attached hydrogens (tertiary/aromatic N) is 4. The third kappa shape index (κ3) is 5.86. The first-order valence-electron chi connectivity index (χ1n) is 16.0. The number of hydrogen-bond acceptors (Lipinski definition) is 4. The Morgan fingerprint density at radius 2 is 1.68 bits per heavy atom. The van der Waals surface area contributed by atoms with E-state index in [1.165, 1.54) is 22.2 Å². The van der Waals surface area contributed by atoms with E-state index >= 15 is 0 Å². The van der Waals surface area contributed by atoms with Crippen LogP contribution in [-0.4, -0.2) is 19.5 Å². The smallest absolute Gasteiger partial charge is 0.216 e. The number of pyridine rings is 2. The van der Waals surface area contributed by atoms with Gasteiger partial charge >= 0.3 is 0 Å². The van der Waals surface area contributed by atoms with Crippen LogP contribution >= 0.6 is 0 Å². The van der Waals surface area contributed by atoms with Crippen molar-refractivity contribution in [3.63, 3.8) is 0 Å². The molecular weight excluding hydrogens is 757 g/mol. The van der Waals surface area contributed by atoms with E-state index in [4.69, 9.17) is 9.40 Å². The van der Waals surface area contributed by atoms with Gasteiger partial charge in [-0.05, 0) is 68.1 Å². The van der Waals surface area contributed by atoms with Crippen molar-refractivity contribution >= 4 is 39.2 Å². The molecule has 0 atom stereocenters. The molecule has 3 aromatic carbocycles. The first kappa shape index (κ1) is 32.6. The van der Waals surface area contributed by atoms with Crippen LogP contribution in [0.4, 0.5) is 0 Å². The van der Waals surface area contributed by atoms with Crippen molar-refractivity contribution in [1.29, 1.82) is 0 Å². The fourth-order valence-corrected chi connectivity index (χ4v) is 6.37. The molecule has 0 unspecified atom stereocenters. The third-order valence-corrected chi connectivity index (χ3v) is 8.84.